The van der Waals surface area contributed by atoms with Crippen LogP contribution in [0.4, 0.5) is 4.79 Å². The number of alkyl carbamates (subject to hydrolysis) is 1. The standard InChI is InChI=1S/C21H19NO3/c1-24-18-7-3-6-17(13-18)20-19(22-21(23)25-20)16-5-2-4-15(12-16)11-10-14-8-9-14/h2-7,12-14,19-20H,8-9H2,1H3,(H,22,23). The summed E-state index contributed by atoms with van der Waals surface area (Å²) < 4.78 is 10.8. The first-order chi connectivity index (χ1) is 12.2. The molecule has 126 valence electrons. The zero-order valence-corrected chi connectivity index (χ0v) is 14.0. The van der Waals surface area contributed by atoms with Crippen LogP contribution in [0, 0.1) is 17.8 Å². The number of hydrogen-bond acceptors (Lipinski definition) is 3. The summed E-state index contributed by atoms with van der Waals surface area (Å²) >= 11 is 0. The molecule has 25 heavy (non-hydrogen) atoms. The molecule has 0 radical (unpaired) electrons. The second kappa shape index (κ2) is 6.52. The van der Waals surface area contributed by atoms with Crippen molar-refractivity contribution in [1.29, 1.82) is 0 Å². The topological polar surface area (TPSA) is 47.6 Å². The lowest BCUT2D eigenvalue weighted by atomic mass is 9.95. The van der Waals surface area contributed by atoms with Gasteiger partial charge in [-0.15, -0.1) is 0 Å². The van der Waals surface area contributed by atoms with Gasteiger partial charge in [-0.05, 0) is 48.2 Å². The summed E-state index contributed by atoms with van der Waals surface area (Å²) in [5.41, 5.74) is 2.85. The van der Waals surface area contributed by atoms with Gasteiger partial charge in [-0.1, -0.05) is 36.1 Å². The highest BCUT2D eigenvalue weighted by Gasteiger charge is 2.36. The highest BCUT2D eigenvalue weighted by atomic mass is 16.6. The van der Waals surface area contributed by atoms with Crippen LogP contribution in [-0.2, 0) is 4.74 Å². The molecule has 2 unspecified atom stereocenters. The van der Waals surface area contributed by atoms with Crippen molar-refractivity contribution in [3.63, 3.8) is 0 Å². The summed E-state index contributed by atoms with van der Waals surface area (Å²) in [7, 11) is 1.62. The molecule has 2 atom stereocenters. The average molecular weight is 333 g/mol. The number of carbonyl (C=O) groups excluding carboxylic acids is 1. The van der Waals surface area contributed by atoms with Crippen molar-refractivity contribution in [3.05, 3.63) is 65.2 Å². The zero-order chi connectivity index (χ0) is 17.2. The Morgan fingerprint density at radius 1 is 1.12 bits per heavy atom. The van der Waals surface area contributed by atoms with Gasteiger partial charge in [0.15, 0.2) is 6.10 Å². The molecular formula is C21H19NO3. The van der Waals surface area contributed by atoms with E-state index in [1.165, 1.54) is 12.8 Å². The number of amides is 1. The number of benzene rings is 2. The summed E-state index contributed by atoms with van der Waals surface area (Å²) in [6.07, 6.45) is 1.61. The summed E-state index contributed by atoms with van der Waals surface area (Å²) in [6, 6.07) is 15.4. The average Bonchev–Trinajstić information content (AvgIpc) is 3.40. The van der Waals surface area contributed by atoms with Crippen LogP contribution in [0.2, 0.25) is 0 Å². The Bertz CT molecular complexity index is 861. The number of cyclic esters (lactones) is 1. The summed E-state index contributed by atoms with van der Waals surface area (Å²) in [4.78, 5) is 11.9. The van der Waals surface area contributed by atoms with Crippen LogP contribution >= 0.6 is 0 Å². The van der Waals surface area contributed by atoms with E-state index in [0.717, 1.165) is 22.4 Å². The first-order valence-electron chi connectivity index (χ1n) is 8.45. The monoisotopic (exact) mass is 333 g/mol. The van der Waals surface area contributed by atoms with Gasteiger partial charge in [0.25, 0.3) is 0 Å². The molecule has 0 spiro atoms. The molecule has 4 rings (SSSR count). The van der Waals surface area contributed by atoms with Gasteiger partial charge in [-0.25, -0.2) is 4.79 Å². The molecule has 0 aromatic heterocycles. The third kappa shape index (κ3) is 3.46. The molecule has 1 amide bonds. The van der Waals surface area contributed by atoms with Crippen molar-refractivity contribution in [3.8, 4) is 17.6 Å². The number of rotatable bonds is 3. The fourth-order valence-electron chi connectivity index (χ4n) is 2.98. The molecule has 1 saturated heterocycles. The second-order valence-corrected chi connectivity index (χ2v) is 6.39. The summed E-state index contributed by atoms with van der Waals surface area (Å²) in [5.74, 6) is 7.80. The molecule has 1 aliphatic heterocycles. The number of methoxy groups -OCH3 is 1. The first kappa shape index (κ1) is 15.6. The highest BCUT2D eigenvalue weighted by molar-refractivity contribution is 5.71. The molecule has 2 fully saturated rings. The lowest BCUT2D eigenvalue weighted by Gasteiger charge is -2.18. The van der Waals surface area contributed by atoms with Crippen molar-refractivity contribution in [1.82, 2.24) is 5.32 Å². The third-order valence-electron chi connectivity index (χ3n) is 4.48. The number of ether oxygens (including phenoxy) is 2. The van der Waals surface area contributed by atoms with Gasteiger partial charge in [-0.3, -0.25) is 0 Å². The molecule has 4 nitrogen and oxygen atoms in total. The lowest BCUT2D eigenvalue weighted by molar-refractivity contribution is 0.132. The Kier molecular flexibility index (Phi) is 4.07. The van der Waals surface area contributed by atoms with Gasteiger partial charge in [0, 0.05) is 11.5 Å². The number of nitrogens with one attached hydrogen (secondary N) is 1. The van der Waals surface area contributed by atoms with E-state index in [1.807, 2.05) is 48.5 Å². The van der Waals surface area contributed by atoms with Crippen molar-refractivity contribution >= 4 is 6.09 Å². The van der Waals surface area contributed by atoms with E-state index in [2.05, 4.69) is 17.2 Å². The van der Waals surface area contributed by atoms with E-state index in [1.54, 1.807) is 7.11 Å². The van der Waals surface area contributed by atoms with Crippen LogP contribution in [-0.4, -0.2) is 13.2 Å². The fourth-order valence-corrected chi connectivity index (χ4v) is 2.98. The minimum Gasteiger partial charge on any atom is -0.497 e. The Balaban J connectivity index is 1.64. The van der Waals surface area contributed by atoms with E-state index in [-0.39, 0.29) is 6.04 Å². The quantitative estimate of drug-likeness (QED) is 0.864. The molecule has 2 aliphatic rings. The maximum absolute atomic E-state index is 11.9. The largest absolute Gasteiger partial charge is 0.497 e. The van der Waals surface area contributed by atoms with Gasteiger partial charge in [-0.2, -0.15) is 0 Å². The van der Waals surface area contributed by atoms with Crippen LogP contribution in [0.3, 0.4) is 0 Å². The molecule has 1 saturated carbocycles. The maximum Gasteiger partial charge on any atom is 0.408 e. The van der Waals surface area contributed by atoms with Crippen molar-refractivity contribution < 1.29 is 14.3 Å². The fraction of sp³-hybridized carbons (Fsp3) is 0.286. The molecule has 4 heteroatoms. The van der Waals surface area contributed by atoms with Crippen LogP contribution in [0.5, 0.6) is 5.75 Å². The molecule has 1 heterocycles. The second-order valence-electron chi connectivity index (χ2n) is 6.39. The molecule has 2 aromatic carbocycles. The van der Waals surface area contributed by atoms with E-state index in [0.29, 0.717) is 5.92 Å². The number of hydrogen-bond donors (Lipinski definition) is 1. The molecular weight excluding hydrogens is 314 g/mol. The zero-order valence-electron chi connectivity index (χ0n) is 14.0. The van der Waals surface area contributed by atoms with Crippen molar-refractivity contribution in [2.75, 3.05) is 7.11 Å². The summed E-state index contributed by atoms with van der Waals surface area (Å²) in [5, 5.41) is 2.91. The molecule has 1 N–H and O–H groups in total. The molecule has 0 bridgehead atoms. The minimum atomic E-state index is -0.410. The van der Waals surface area contributed by atoms with E-state index < -0.39 is 12.2 Å². The van der Waals surface area contributed by atoms with Gasteiger partial charge < -0.3 is 14.8 Å². The predicted octanol–water partition coefficient (Wildman–Crippen LogP) is 3.98. The van der Waals surface area contributed by atoms with Gasteiger partial charge >= 0.3 is 6.09 Å². The summed E-state index contributed by atoms with van der Waals surface area (Å²) in [6.45, 7) is 0. The van der Waals surface area contributed by atoms with E-state index in [9.17, 15) is 4.79 Å². The lowest BCUT2D eigenvalue weighted by Crippen LogP contribution is -2.19. The third-order valence-corrected chi connectivity index (χ3v) is 4.48. The van der Waals surface area contributed by atoms with Crippen LogP contribution in [0.1, 0.15) is 41.7 Å². The van der Waals surface area contributed by atoms with Gasteiger partial charge in [0.05, 0.1) is 13.2 Å². The molecule has 1 aliphatic carbocycles. The van der Waals surface area contributed by atoms with Crippen molar-refractivity contribution in [2.45, 2.75) is 25.0 Å². The Hall–Kier alpha value is -2.93. The van der Waals surface area contributed by atoms with Crippen LogP contribution in [0.15, 0.2) is 48.5 Å². The van der Waals surface area contributed by atoms with Crippen LogP contribution in [0.25, 0.3) is 0 Å². The van der Waals surface area contributed by atoms with Gasteiger partial charge in [0.1, 0.15) is 5.75 Å². The smallest absolute Gasteiger partial charge is 0.408 e. The van der Waals surface area contributed by atoms with E-state index in [4.69, 9.17) is 9.47 Å². The minimum absolute atomic E-state index is 0.248. The van der Waals surface area contributed by atoms with E-state index >= 15 is 0 Å². The molecule has 2 aromatic rings. The first-order valence-corrected chi connectivity index (χ1v) is 8.45. The maximum atomic E-state index is 11.9. The normalized spacial score (nSPS) is 21.7. The highest BCUT2D eigenvalue weighted by Crippen LogP contribution is 2.37. The van der Waals surface area contributed by atoms with Crippen molar-refractivity contribution in [2.24, 2.45) is 5.92 Å². The Morgan fingerprint density at radius 2 is 1.92 bits per heavy atom. The SMILES string of the molecule is COc1cccc(C2OC(=O)NC2c2cccc(C#CC3CC3)c2)c1. The predicted molar refractivity (Wildman–Crippen MR) is 94.1 cm³/mol. The Morgan fingerprint density at radius 3 is 2.72 bits per heavy atom. The van der Waals surface area contributed by atoms with Gasteiger partial charge in [0.2, 0.25) is 0 Å². The number of carbonyl (C=O) groups is 1. The Labute approximate surface area is 147 Å². The van der Waals surface area contributed by atoms with Crippen LogP contribution < -0.4 is 10.1 Å².